The molecule has 0 heterocycles. The van der Waals surface area contributed by atoms with E-state index in [4.69, 9.17) is 5.21 Å². The molecule has 2 aromatic carbocycles. The number of hydrogen-bond donors (Lipinski definition) is 3. The quantitative estimate of drug-likeness (QED) is 0.461. The number of amides is 2. The molecule has 2 aromatic rings. The van der Waals surface area contributed by atoms with Crippen molar-refractivity contribution >= 4 is 23.6 Å². The van der Waals surface area contributed by atoms with Gasteiger partial charge in [-0.1, -0.05) is 29.8 Å². The number of carbonyl (C=O) groups is 2. The van der Waals surface area contributed by atoms with Crippen molar-refractivity contribution in [3.05, 3.63) is 71.3 Å². The summed E-state index contributed by atoms with van der Waals surface area (Å²) in [5, 5.41) is 11.2. The maximum Gasteiger partial charge on any atom is 0.267 e. The van der Waals surface area contributed by atoms with Gasteiger partial charge < -0.3 is 5.32 Å². The molecule has 0 saturated heterocycles. The number of aryl methyl sites for hydroxylation is 1. The third kappa shape index (κ3) is 4.29. The Bertz CT molecular complexity index is 706. The van der Waals surface area contributed by atoms with E-state index in [0.29, 0.717) is 11.1 Å². The zero-order valence-corrected chi connectivity index (χ0v) is 12.0. The fourth-order valence-electron chi connectivity index (χ4n) is 1.83. The molecule has 5 heteroatoms. The number of hydrogen-bond acceptors (Lipinski definition) is 3. The van der Waals surface area contributed by atoms with Crippen molar-refractivity contribution in [2.24, 2.45) is 0 Å². The Morgan fingerprint density at radius 3 is 2.50 bits per heavy atom. The van der Waals surface area contributed by atoms with Crippen molar-refractivity contribution < 1.29 is 14.8 Å². The molecule has 3 N–H and O–H groups in total. The van der Waals surface area contributed by atoms with Crippen LogP contribution >= 0.6 is 0 Å². The van der Waals surface area contributed by atoms with Gasteiger partial charge in [-0.3, -0.25) is 14.8 Å². The SMILES string of the molecule is Cc1ccc(NC(=O)c2cccc(/C=C/C(=O)NO)c2)cc1. The summed E-state index contributed by atoms with van der Waals surface area (Å²) in [6.45, 7) is 1.98. The van der Waals surface area contributed by atoms with Crippen LogP contribution in [0.3, 0.4) is 0 Å². The molecule has 112 valence electrons. The summed E-state index contributed by atoms with van der Waals surface area (Å²) < 4.78 is 0. The van der Waals surface area contributed by atoms with Crippen molar-refractivity contribution in [3.63, 3.8) is 0 Å². The van der Waals surface area contributed by atoms with Crippen LogP contribution in [0.15, 0.2) is 54.6 Å². The van der Waals surface area contributed by atoms with Gasteiger partial charge in [-0.25, -0.2) is 5.48 Å². The summed E-state index contributed by atoms with van der Waals surface area (Å²) in [7, 11) is 0. The van der Waals surface area contributed by atoms with Gasteiger partial charge in [0.25, 0.3) is 11.8 Å². The Hall–Kier alpha value is -2.92. The monoisotopic (exact) mass is 296 g/mol. The van der Waals surface area contributed by atoms with E-state index in [-0.39, 0.29) is 5.91 Å². The van der Waals surface area contributed by atoms with Gasteiger partial charge in [0.05, 0.1) is 0 Å². The molecule has 0 saturated carbocycles. The Kier molecular flexibility index (Phi) is 5.06. The predicted molar refractivity (Wildman–Crippen MR) is 84.5 cm³/mol. The number of hydroxylamine groups is 1. The van der Waals surface area contributed by atoms with Crippen molar-refractivity contribution in [2.75, 3.05) is 5.32 Å². The van der Waals surface area contributed by atoms with Gasteiger partial charge in [-0.05, 0) is 42.8 Å². The number of nitrogens with one attached hydrogen (secondary N) is 2. The highest BCUT2D eigenvalue weighted by atomic mass is 16.5. The van der Waals surface area contributed by atoms with E-state index in [1.54, 1.807) is 24.3 Å². The molecule has 0 aliphatic carbocycles. The first-order valence-electron chi connectivity index (χ1n) is 6.69. The molecule has 0 aromatic heterocycles. The van der Waals surface area contributed by atoms with Crippen LogP contribution in [0.4, 0.5) is 5.69 Å². The average molecular weight is 296 g/mol. The van der Waals surface area contributed by atoms with Gasteiger partial charge in [0.1, 0.15) is 0 Å². The largest absolute Gasteiger partial charge is 0.322 e. The maximum atomic E-state index is 12.2. The first kappa shape index (κ1) is 15.5. The van der Waals surface area contributed by atoms with Crippen LogP contribution in [-0.2, 0) is 4.79 Å². The van der Waals surface area contributed by atoms with Crippen molar-refractivity contribution in [1.82, 2.24) is 5.48 Å². The van der Waals surface area contributed by atoms with Crippen LogP contribution in [-0.4, -0.2) is 17.0 Å². The predicted octanol–water partition coefficient (Wildman–Crippen LogP) is 2.77. The molecule has 0 radical (unpaired) electrons. The lowest BCUT2D eigenvalue weighted by Gasteiger charge is -2.06. The third-order valence-corrected chi connectivity index (χ3v) is 3.00. The van der Waals surface area contributed by atoms with E-state index < -0.39 is 5.91 Å². The summed E-state index contributed by atoms with van der Waals surface area (Å²) in [4.78, 5) is 23.1. The highest BCUT2D eigenvalue weighted by Gasteiger charge is 2.06. The fraction of sp³-hybridized carbons (Fsp3) is 0.0588. The van der Waals surface area contributed by atoms with Gasteiger partial charge in [-0.2, -0.15) is 0 Å². The lowest BCUT2D eigenvalue weighted by atomic mass is 10.1. The minimum Gasteiger partial charge on any atom is -0.322 e. The molecule has 0 bridgehead atoms. The summed E-state index contributed by atoms with van der Waals surface area (Å²) in [6, 6.07) is 14.3. The zero-order chi connectivity index (χ0) is 15.9. The van der Waals surface area contributed by atoms with Gasteiger partial charge in [0.2, 0.25) is 0 Å². The summed E-state index contributed by atoms with van der Waals surface area (Å²) in [5.41, 5.74) is 4.50. The second-order valence-corrected chi connectivity index (χ2v) is 4.75. The lowest BCUT2D eigenvalue weighted by molar-refractivity contribution is -0.124. The van der Waals surface area contributed by atoms with Gasteiger partial charge in [-0.15, -0.1) is 0 Å². The molecule has 2 rings (SSSR count). The number of carbonyl (C=O) groups excluding carboxylic acids is 2. The number of anilines is 1. The van der Waals surface area contributed by atoms with Crippen molar-refractivity contribution in [2.45, 2.75) is 6.92 Å². The smallest absolute Gasteiger partial charge is 0.267 e. The van der Waals surface area contributed by atoms with E-state index in [1.165, 1.54) is 17.6 Å². The van der Waals surface area contributed by atoms with E-state index in [2.05, 4.69) is 5.32 Å². The number of rotatable bonds is 4. The van der Waals surface area contributed by atoms with Crippen LogP contribution in [0.25, 0.3) is 6.08 Å². The molecule has 0 aliphatic heterocycles. The minimum atomic E-state index is -0.630. The average Bonchev–Trinajstić information content (AvgIpc) is 2.55. The first-order chi connectivity index (χ1) is 10.6. The molecular formula is C17H16N2O3. The van der Waals surface area contributed by atoms with Gasteiger partial charge >= 0.3 is 0 Å². The maximum absolute atomic E-state index is 12.2. The lowest BCUT2D eigenvalue weighted by Crippen LogP contribution is -2.14. The van der Waals surface area contributed by atoms with Crippen LogP contribution < -0.4 is 10.8 Å². The second-order valence-electron chi connectivity index (χ2n) is 4.75. The van der Waals surface area contributed by atoms with Gasteiger partial charge in [0.15, 0.2) is 0 Å². The molecule has 0 unspecified atom stereocenters. The second kappa shape index (κ2) is 7.19. The Morgan fingerprint density at radius 1 is 1.09 bits per heavy atom. The molecule has 0 fully saturated rings. The summed E-state index contributed by atoms with van der Waals surface area (Å²) >= 11 is 0. The van der Waals surface area contributed by atoms with Crippen LogP contribution in [0.1, 0.15) is 21.5 Å². The highest BCUT2D eigenvalue weighted by molar-refractivity contribution is 6.04. The molecule has 0 atom stereocenters. The molecule has 5 nitrogen and oxygen atoms in total. The van der Waals surface area contributed by atoms with E-state index >= 15 is 0 Å². The molecular weight excluding hydrogens is 280 g/mol. The first-order valence-corrected chi connectivity index (χ1v) is 6.69. The number of benzene rings is 2. The highest BCUT2D eigenvalue weighted by Crippen LogP contribution is 2.12. The molecule has 0 spiro atoms. The third-order valence-electron chi connectivity index (χ3n) is 3.00. The summed E-state index contributed by atoms with van der Waals surface area (Å²) in [5.74, 6) is -0.861. The van der Waals surface area contributed by atoms with Crippen LogP contribution in [0, 0.1) is 6.92 Å². The molecule has 2 amide bonds. The van der Waals surface area contributed by atoms with Crippen LogP contribution in [0.5, 0.6) is 0 Å². The molecule has 0 aliphatic rings. The molecule has 22 heavy (non-hydrogen) atoms. The van der Waals surface area contributed by atoms with Crippen LogP contribution in [0.2, 0.25) is 0 Å². The Morgan fingerprint density at radius 2 is 1.82 bits per heavy atom. The zero-order valence-electron chi connectivity index (χ0n) is 12.0. The van der Waals surface area contributed by atoms with E-state index in [1.807, 2.05) is 31.2 Å². The fourth-order valence-corrected chi connectivity index (χ4v) is 1.83. The normalized spacial score (nSPS) is 10.5. The topological polar surface area (TPSA) is 78.4 Å². The van der Waals surface area contributed by atoms with E-state index in [0.717, 1.165) is 11.3 Å². The van der Waals surface area contributed by atoms with Crippen molar-refractivity contribution in [1.29, 1.82) is 0 Å². The van der Waals surface area contributed by atoms with Crippen molar-refractivity contribution in [3.8, 4) is 0 Å². The Balaban J connectivity index is 2.11. The standard InChI is InChI=1S/C17H16N2O3/c1-12-5-8-15(9-6-12)18-17(21)14-4-2-3-13(11-14)7-10-16(20)19-22/h2-11,22H,1H3,(H,18,21)(H,19,20)/b10-7+. The van der Waals surface area contributed by atoms with Gasteiger partial charge in [0, 0.05) is 17.3 Å². The minimum absolute atomic E-state index is 0.231. The Labute approximate surface area is 128 Å². The van der Waals surface area contributed by atoms with E-state index in [9.17, 15) is 9.59 Å². The summed E-state index contributed by atoms with van der Waals surface area (Å²) in [6.07, 6.45) is 2.69.